The summed E-state index contributed by atoms with van der Waals surface area (Å²) in [6.45, 7) is 4.84. The Kier molecular flexibility index (Phi) is 5.45. The molecule has 2 aromatic heterocycles. The lowest BCUT2D eigenvalue weighted by Crippen LogP contribution is -2.23. The zero-order chi connectivity index (χ0) is 19.6. The van der Waals surface area contributed by atoms with Crippen LogP contribution in [0.2, 0.25) is 0 Å². The Bertz CT molecular complexity index is 1070. The maximum atomic E-state index is 12.3. The van der Waals surface area contributed by atoms with Gasteiger partial charge in [0.15, 0.2) is 0 Å². The number of hydrogen-bond donors (Lipinski definition) is 2. The van der Waals surface area contributed by atoms with Crippen LogP contribution in [0.25, 0.3) is 0 Å². The molecule has 0 atom stereocenters. The normalized spacial score (nSPS) is 11.5. The van der Waals surface area contributed by atoms with Crippen LogP contribution in [0, 0.1) is 13.8 Å². The van der Waals surface area contributed by atoms with Gasteiger partial charge < -0.3 is 5.32 Å². The summed E-state index contributed by atoms with van der Waals surface area (Å²) in [6, 6.07) is 11.3. The van der Waals surface area contributed by atoms with Crippen LogP contribution in [0.1, 0.15) is 32.9 Å². The van der Waals surface area contributed by atoms with Crippen LogP contribution >= 0.6 is 11.3 Å². The van der Waals surface area contributed by atoms with Crippen molar-refractivity contribution in [2.75, 3.05) is 0 Å². The molecule has 142 valence electrons. The van der Waals surface area contributed by atoms with Crippen molar-refractivity contribution in [1.29, 1.82) is 0 Å². The fourth-order valence-corrected chi connectivity index (χ4v) is 4.34. The zero-order valence-corrected chi connectivity index (χ0v) is 16.6. The Morgan fingerprint density at radius 2 is 1.96 bits per heavy atom. The van der Waals surface area contributed by atoms with Crippen LogP contribution in [0.4, 0.5) is 0 Å². The van der Waals surface area contributed by atoms with Gasteiger partial charge in [0, 0.05) is 23.2 Å². The van der Waals surface area contributed by atoms with Gasteiger partial charge in [-0.15, -0.1) is 11.3 Å². The molecule has 0 bridgehead atoms. The fourth-order valence-electron chi connectivity index (χ4n) is 2.76. The molecule has 0 spiro atoms. The Labute approximate surface area is 161 Å². The van der Waals surface area contributed by atoms with Crippen LogP contribution in [-0.4, -0.2) is 24.1 Å². The molecule has 2 heterocycles. The van der Waals surface area contributed by atoms with Crippen LogP contribution in [0.5, 0.6) is 0 Å². The molecule has 3 N–H and O–H groups in total. The number of nitrogens with zero attached hydrogens (tertiary/aromatic N) is 2. The third kappa shape index (κ3) is 4.44. The molecular formula is C18H20N4O3S2. The van der Waals surface area contributed by atoms with Gasteiger partial charge in [-0.3, -0.25) is 9.48 Å². The predicted molar refractivity (Wildman–Crippen MR) is 104 cm³/mol. The average Bonchev–Trinajstić information content (AvgIpc) is 3.21. The summed E-state index contributed by atoms with van der Waals surface area (Å²) in [5, 5.41) is 13.9. The molecule has 3 rings (SSSR count). The van der Waals surface area contributed by atoms with Crippen LogP contribution in [-0.2, 0) is 23.1 Å². The molecule has 0 saturated heterocycles. The largest absolute Gasteiger partial charge is 0.348 e. The van der Waals surface area contributed by atoms with Crippen LogP contribution in [0.15, 0.2) is 46.0 Å². The predicted octanol–water partition coefficient (Wildman–Crippen LogP) is 2.19. The van der Waals surface area contributed by atoms with E-state index in [4.69, 9.17) is 5.14 Å². The van der Waals surface area contributed by atoms with Gasteiger partial charge in [0.05, 0.1) is 17.8 Å². The second kappa shape index (κ2) is 7.63. The van der Waals surface area contributed by atoms with Crippen molar-refractivity contribution in [2.45, 2.75) is 31.1 Å². The quantitative estimate of drug-likeness (QED) is 0.656. The highest BCUT2D eigenvalue weighted by Gasteiger charge is 2.17. The highest BCUT2D eigenvalue weighted by atomic mass is 32.2. The van der Waals surface area contributed by atoms with Crippen molar-refractivity contribution in [3.05, 3.63) is 69.9 Å². The summed E-state index contributed by atoms with van der Waals surface area (Å²) in [6.07, 6.45) is 0. The number of sulfonamides is 1. The molecule has 1 amide bonds. The van der Waals surface area contributed by atoms with Gasteiger partial charge >= 0.3 is 0 Å². The number of amides is 1. The number of thiophene rings is 1. The molecule has 27 heavy (non-hydrogen) atoms. The Hall–Kier alpha value is -2.49. The SMILES string of the molecule is Cc1nn(Cc2ccccc2)c(C)c1CNC(=O)c1csc(S(N)(=O)=O)c1. The second-order valence-corrected chi connectivity index (χ2v) is 8.87. The number of rotatable bonds is 6. The van der Waals surface area contributed by atoms with Gasteiger partial charge in [0.2, 0.25) is 10.0 Å². The first kappa shape index (κ1) is 19.3. The first-order valence-corrected chi connectivity index (χ1v) is 10.6. The maximum absolute atomic E-state index is 12.3. The molecule has 3 aromatic rings. The van der Waals surface area contributed by atoms with Gasteiger partial charge in [-0.1, -0.05) is 30.3 Å². The van der Waals surface area contributed by atoms with Crippen molar-refractivity contribution >= 4 is 27.3 Å². The monoisotopic (exact) mass is 404 g/mol. The molecule has 0 saturated carbocycles. The number of nitrogens with one attached hydrogen (secondary N) is 1. The van der Waals surface area contributed by atoms with E-state index in [1.807, 2.05) is 48.9 Å². The molecule has 0 aliphatic carbocycles. The molecule has 9 heteroatoms. The van der Waals surface area contributed by atoms with E-state index in [0.717, 1.165) is 33.9 Å². The average molecular weight is 405 g/mol. The third-order valence-corrected chi connectivity index (χ3v) is 6.64. The molecule has 0 aliphatic rings. The first-order chi connectivity index (χ1) is 12.8. The van der Waals surface area contributed by atoms with E-state index in [0.29, 0.717) is 13.1 Å². The van der Waals surface area contributed by atoms with E-state index in [1.54, 1.807) is 0 Å². The van der Waals surface area contributed by atoms with E-state index in [-0.39, 0.29) is 15.7 Å². The van der Waals surface area contributed by atoms with E-state index < -0.39 is 10.0 Å². The highest BCUT2D eigenvalue weighted by Crippen LogP contribution is 2.19. The lowest BCUT2D eigenvalue weighted by Gasteiger charge is -2.07. The number of nitrogens with two attached hydrogens (primary N) is 1. The summed E-state index contributed by atoms with van der Waals surface area (Å²) in [7, 11) is -3.80. The van der Waals surface area contributed by atoms with E-state index >= 15 is 0 Å². The van der Waals surface area contributed by atoms with E-state index in [2.05, 4.69) is 10.4 Å². The molecule has 0 radical (unpaired) electrons. The number of aryl methyl sites for hydroxylation is 1. The molecule has 0 fully saturated rings. The van der Waals surface area contributed by atoms with Gasteiger partial charge in [-0.2, -0.15) is 5.10 Å². The molecule has 7 nitrogen and oxygen atoms in total. The van der Waals surface area contributed by atoms with Gasteiger partial charge in [-0.05, 0) is 25.5 Å². The Morgan fingerprint density at radius 3 is 2.59 bits per heavy atom. The van der Waals surface area contributed by atoms with E-state index in [1.165, 1.54) is 11.4 Å². The van der Waals surface area contributed by atoms with E-state index in [9.17, 15) is 13.2 Å². The third-order valence-electron chi connectivity index (χ3n) is 4.25. The molecule has 0 unspecified atom stereocenters. The molecule has 1 aromatic carbocycles. The molecule has 0 aliphatic heterocycles. The summed E-state index contributed by atoms with van der Waals surface area (Å²) in [5.41, 5.74) is 4.19. The van der Waals surface area contributed by atoms with Crippen molar-refractivity contribution in [2.24, 2.45) is 5.14 Å². The van der Waals surface area contributed by atoms with Gasteiger partial charge in [-0.25, -0.2) is 13.6 Å². The summed E-state index contributed by atoms with van der Waals surface area (Å²) >= 11 is 0.928. The summed E-state index contributed by atoms with van der Waals surface area (Å²) in [5.74, 6) is -0.351. The first-order valence-electron chi connectivity index (χ1n) is 8.22. The summed E-state index contributed by atoms with van der Waals surface area (Å²) in [4.78, 5) is 12.3. The number of hydrogen-bond acceptors (Lipinski definition) is 5. The number of carbonyl (C=O) groups excluding carboxylic acids is 1. The van der Waals surface area contributed by atoms with Gasteiger partial charge in [0.1, 0.15) is 4.21 Å². The number of aromatic nitrogens is 2. The smallest absolute Gasteiger partial charge is 0.252 e. The number of carbonyl (C=O) groups is 1. The minimum Gasteiger partial charge on any atom is -0.348 e. The van der Waals surface area contributed by atoms with Gasteiger partial charge in [0.25, 0.3) is 5.91 Å². The second-order valence-electron chi connectivity index (χ2n) is 6.17. The van der Waals surface area contributed by atoms with Crippen molar-refractivity contribution < 1.29 is 13.2 Å². The van der Waals surface area contributed by atoms with Crippen molar-refractivity contribution in [3.63, 3.8) is 0 Å². The number of primary sulfonamides is 1. The topological polar surface area (TPSA) is 107 Å². The Balaban J connectivity index is 1.71. The summed E-state index contributed by atoms with van der Waals surface area (Å²) < 4.78 is 24.6. The highest BCUT2D eigenvalue weighted by molar-refractivity contribution is 7.91. The van der Waals surface area contributed by atoms with Crippen LogP contribution in [0.3, 0.4) is 0 Å². The minimum absolute atomic E-state index is 0.0318. The van der Waals surface area contributed by atoms with Crippen molar-refractivity contribution in [3.8, 4) is 0 Å². The maximum Gasteiger partial charge on any atom is 0.252 e. The standard InChI is InChI=1S/C18H20N4O3S2/c1-12-16(13(2)22(21-12)10-14-6-4-3-5-7-14)9-20-18(23)15-8-17(26-11-15)27(19,24)25/h3-8,11H,9-10H2,1-2H3,(H,20,23)(H2,19,24,25). The zero-order valence-electron chi connectivity index (χ0n) is 15.0. The lowest BCUT2D eigenvalue weighted by atomic mass is 10.2. The van der Waals surface area contributed by atoms with Crippen LogP contribution < -0.4 is 10.5 Å². The van der Waals surface area contributed by atoms with Crippen molar-refractivity contribution in [1.82, 2.24) is 15.1 Å². The Morgan fingerprint density at radius 1 is 1.26 bits per heavy atom. The minimum atomic E-state index is -3.80. The fraction of sp³-hybridized carbons (Fsp3) is 0.222. The number of benzene rings is 1. The molecular weight excluding hydrogens is 384 g/mol. The lowest BCUT2D eigenvalue weighted by molar-refractivity contribution is 0.0951.